The van der Waals surface area contributed by atoms with Gasteiger partial charge < -0.3 is 19.3 Å². The van der Waals surface area contributed by atoms with Crippen molar-refractivity contribution in [2.75, 3.05) is 62.9 Å². The maximum Gasteiger partial charge on any atom is 0.416 e. The Morgan fingerprint density at radius 2 is 1.59 bits per heavy atom. The summed E-state index contributed by atoms with van der Waals surface area (Å²) in [4.78, 5) is 16.7. The van der Waals surface area contributed by atoms with Crippen LogP contribution in [-0.2, 0) is 16.2 Å². The van der Waals surface area contributed by atoms with Crippen molar-refractivity contribution in [3.05, 3.63) is 47.5 Å². The van der Waals surface area contributed by atoms with Gasteiger partial charge in [-0.1, -0.05) is 6.07 Å². The lowest BCUT2D eigenvalue weighted by Crippen LogP contribution is -2.49. The van der Waals surface area contributed by atoms with E-state index < -0.39 is 27.7 Å². The summed E-state index contributed by atoms with van der Waals surface area (Å²) < 4.78 is 75.1. The standard InChI is InChI=1S/C22H26F3N3O5S/c1-26(34(4,30)31)18-14-20(33-3)19(32-2)13-17(18)21(29)28-10-8-27(9-11-28)16-7-5-6-15(12-16)22(23,24)25/h5-7,12-14H,8-11H2,1-4H3. The molecule has 3 rings (SSSR count). The maximum absolute atomic E-state index is 13.4. The summed E-state index contributed by atoms with van der Waals surface area (Å²) in [6.07, 6.45) is -3.42. The van der Waals surface area contributed by atoms with Gasteiger partial charge in [-0.15, -0.1) is 0 Å². The molecule has 1 amide bonds. The molecule has 0 aliphatic carbocycles. The summed E-state index contributed by atoms with van der Waals surface area (Å²) in [5.74, 6) is 0.105. The minimum Gasteiger partial charge on any atom is -0.493 e. The van der Waals surface area contributed by atoms with Gasteiger partial charge in [0.1, 0.15) is 0 Å². The Hall–Kier alpha value is -3.15. The van der Waals surface area contributed by atoms with Crippen LogP contribution in [0.3, 0.4) is 0 Å². The molecule has 186 valence electrons. The lowest BCUT2D eigenvalue weighted by Gasteiger charge is -2.37. The van der Waals surface area contributed by atoms with Gasteiger partial charge in [0.25, 0.3) is 5.91 Å². The van der Waals surface area contributed by atoms with Crippen LogP contribution in [0.25, 0.3) is 0 Å². The van der Waals surface area contributed by atoms with Crippen LogP contribution in [-0.4, -0.2) is 72.9 Å². The van der Waals surface area contributed by atoms with Crippen molar-refractivity contribution in [1.29, 1.82) is 0 Å². The predicted molar refractivity (Wildman–Crippen MR) is 122 cm³/mol. The highest BCUT2D eigenvalue weighted by atomic mass is 32.2. The van der Waals surface area contributed by atoms with Crippen molar-refractivity contribution < 1.29 is 35.9 Å². The van der Waals surface area contributed by atoms with Gasteiger partial charge in [0.15, 0.2) is 11.5 Å². The first-order chi connectivity index (χ1) is 15.9. The molecule has 2 aromatic rings. The number of nitrogens with zero attached hydrogens (tertiary/aromatic N) is 3. The quantitative estimate of drug-likeness (QED) is 0.606. The third-order valence-electron chi connectivity index (χ3n) is 5.67. The van der Waals surface area contributed by atoms with Gasteiger partial charge in [0, 0.05) is 45.0 Å². The SMILES string of the molecule is COc1cc(C(=O)N2CCN(c3cccc(C(F)(F)F)c3)CC2)c(N(C)S(C)(=O)=O)cc1OC. The van der Waals surface area contributed by atoms with E-state index in [1.807, 2.05) is 0 Å². The number of ether oxygens (including phenoxy) is 2. The van der Waals surface area contributed by atoms with Crippen molar-refractivity contribution in [2.24, 2.45) is 0 Å². The number of anilines is 2. The number of carbonyl (C=O) groups is 1. The normalized spacial score (nSPS) is 14.7. The van der Waals surface area contributed by atoms with E-state index in [2.05, 4.69) is 0 Å². The van der Waals surface area contributed by atoms with Crippen molar-refractivity contribution in [3.8, 4) is 11.5 Å². The third-order valence-corrected chi connectivity index (χ3v) is 6.87. The van der Waals surface area contributed by atoms with Gasteiger partial charge in [-0.25, -0.2) is 8.42 Å². The number of hydrogen-bond donors (Lipinski definition) is 0. The summed E-state index contributed by atoms with van der Waals surface area (Å²) in [5, 5.41) is 0. The number of halogens is 3. The van der Waals surface area contributed by atoms with E-state index in [0.717, 1.165) is 22.7 Å². The largest absolute Gasteiger partial charge is 0.493 e. The molecule has 1 saturated heterocycles. The van der Waals surface area contributed by atoms with E-state index >= 15 is 0 Å². The molecule has 1 fully saturated rings. The molecule has 2 aromatic carbocycles. The highest BCUT2D eigenvalue weighted by Crippen LogP contribution is 2.37. The summed E-state index contributed by atoms with van der Waals surface area (Å²) in [6.45, 7) is 1.12. The predicted octanol–water partition coefficient (Wildman–Crippen LogP) is 3.08. The van der Waals surface area contributed by atoms with Crippen molar-refractivity contribution in [1.82, 2.24) is 4.90 Å². The van der Waals surface area contributed by atoms with Crippen LogP contribution >= 0.6 is 0 Å². The second kappa shape index (κ2) is 9.61. The zero-order valence-electron chi connectivity index (χ0n) is 19.2. The topological polar surface area (TPSA) is 79.4 Å². The van der Waals surface area contributed by atoms with Crippen LogP contribution < -0.4 is 18.7 Å². The van der Waals surface area contributed by atoms with Crippen LogP contribution in [0, 0.1) is 0 Å². The Morgan fingerprint density at radius 3 is 2.12 bits per heavy atom. The number of piperazine rings is 1. The number of sulfonamides is 1. The molecule has 0 unspecified atom stereocenters. The third kappa shape index (κ3) is 5.32. The monoisotopic (exact) mass is 501 g/mol. The highest BCUT2D eigenvalue weighted by Gasteiger charge is 2.32. The Balaban J connectivity index is 1.86. The first-order valence-electron chi connectivity index (χ1n) is 10.3. The van der Waals surface area contributed by atoms with E-state index in [9.17, 15) is 26.4 Å². The molecular weight excluding hydrogens is 475 g/mol. The molecule has 0 N–H and O–H groups in total. The second-order valence-corrected chi connectivity index (χ2v) is 9.80. The van der Waals surface area contributed by atoms with E-state index in [-0.39, 0.29) is 35.8 Å². The first kappa shape index (κ1) is 25.5. The summed E-state index contributed by atoms with van der Waals surface area (Å²) in [7, 11) is 0.452. The zero-order valence-corrected chi connectivity index (χ0v) is 20.0. The number of hydrogen-bond acceptors (Lipinski definition) is 6. The molecule has 0 aromatic heterocycles. The van der Waals surface area contributed by atoms with Crippen LogP contribution in [0.1, 0.15) is 15.9 Å². The molecule has 34 heavy (non-hydrogen) atoms. The molecule has 0 bridgehead atoms. The number of rotatable bonds is 6. The molecule has 0 radical (unpaired) electrons. The van der Waals surface area contributed by atoms with Crippen LogP contribution in [0.5, 0.6) is 11.5 Å². The average molecular weight is 502 g/mol. The van der Waals surface area contributed by atoms with Crippen molar-refractivity contribution in [2.45, 2.75) is 6.18 Å². The lowest BCUT2D eigenvalue weighted by molar-refractivity contribution is -0.137. The van der Waals surface area contributed by atoms with Gasteiger partial charge in [0.2, 0.25) is 10.0 Å². The van der Waals surface area contributed by atoms with E-state index in [0.29, 0.717) is 18.8 Å². The van der Waals surface area contributed by atoms with E-state index in [1.54, 1.807) is 11.0 Å². The molecule has 1 heterocycles. The van der Waals surface area contributed by atoms with Gasteiger partial charge >= 0.3 is 6.18 Å². The second-order valence-electron chi connectivity index (χ2n) is 7.78. The number of carbonyl (C=O) groups excluding carboxylic acids is 1. The van der Waals surface area contributed by atoms with E-state index in [4.69, 9.17) is 9.47 Å². The van der Waals surface area contributed by atoms with Gasteiger partial charge in [-0.3, -0.25) is 9.10 Å². The minimum absolute atomic E-state index is 0.109. The fourth-order valence-electron chi connectivity index (χ4n) is 3.70. The average Bonchev–Trinajstić information content (AvgIpc) is 2.81. The Bertz CT molecular complexity index is 1160. The molecule has 1 aliphatic heterocycles. The lowest BCUT2D eigenvalue weighted by atomic mass is 10.1. The molecule has 0 atom stereocenters. The number of amides is 1. The molecular formula is C22H26F3N3O5S. The van der Waals surface area contributed by atoms with Gasteiger partial charge in [0.05, 0.1) is 37.3 Å². The number of methoxy groups -OCH3 is 2. The fraction of sp³-hybridized carbons (Fsp3) is 0.409. The van der Waals surface area contributed by atoms with Crippen molar-refractivity contribution in [3.63, 3.8) is 0 Å². The van der Waals surface area contributed by atoms with Gasteiger partial charge in [-0.2, -0.15) is 13.2 Å². The van der Waals surface area contributed by atoms with Gasteiger partial charge in [-0.05, 0) is 24.3 Å². The highest BCUT2D eigenvalue weighted by molar-refractivity contribution is 7.92. The molecule has 8 nitrogen and oxygen atoms in total. The van der Waals surface area contributed by atoms with E-state index in [1.165, 1.54) is 44.4 Å². The first-order valence-corrected chi connectivity index (χ1v) is 12.1. The zero-order chi connectivity index (χ0) is 25.3. The fourth-order valence-corrected chi connectivity index (χ4v) is 4.20. The molecule has 12 heteroatoms. The molecule has 1 aliphatic rings. The Kier molecular flexibility index (Phi) is 7.20. The Labute approximate surface area is 196 Å². The molecule has 0 spiro atoms. The molecule has 0 saturated carbocycles. The minimum atomic E-state index is -4.44. The smallest absolute Gasteiger partial charge is 0.416 e. The Morgan fingerprint density at radius 1 is 1.00 bits per heavy atom. The maximum atomic E-state index is 13.4. The van der Waals surface area contributed by atoms with Crippen LogP contribution in [0.2, 0.25) is 0 Å². The van der Waals surface area contributed by atoms with Crippen molar-refractivity contribution >= 4 is 27.3 Å². The van der Waals surface area contributed by atoms with Crippen LogP contribution in [0.15, 0.2) is 36.4 Å². The number of alkyl halides is 3. The number of benzene rings is 2. The summed E-state index contributed by atoms with van der Waals surface area (Å²) in [6, 6.07) is 7.90. The van der Waals surface area contributed by atoms with Crippen LogP contribution in [0.4, 0.5) is 24.5 Å². The summed E-state index contributed by atoms with van der Waals surface area (Å²) in [5.41, 5.74) is -0.0728. The summed E-state index contributed by atoms with van der Waals surface area (Å²) >= 11 is 0.